The molecule has 6 rings (SSSR count). The molecule has 66 heavy (non-hydrogen) atoms. The van der Waals surface area contributed by atoms with Crippen LogP contribution in [0.5, 0.6) is 0 Å². The summed E-state index contributed by atoms with van der Waals surface area (Å²) in [4.78, 5) is 88.7. The molecule has 0 radical (unpaired) electrons. The number of likely N-dealkylation sites (tertiary alicyclic amines) is 1. The predicted octanol–water partition coefficient (Wildman–Crippen LogP) is 4.71. The van der Waals surface area contributed by atoms with Gasteiger partial charge in [-0.1, -0.05) is 111 Å². The van der Waals surface area contributed by atoms with Crippen molar-refractivity contribution in [3.8, 4) is 0 Å². The van der Waals surface area contributed by atoms with E-state index < -0.39 is 83.5 Å². The molecule has 2 heterocycles. The smallest absolute Gasteiger partial charge is 0.326 e. The zero-order valence-corrected chi connectivity index (χ0v) is 38.6. The molecule has 1 aromatic heterocycles. The lowest BCUT2D eigenvalue weighted by atomic mass is 9.85. The van der Waals surface area contributed by atoms with Crippen molar-refractivity contribution in [2.75, 3.05) is 6.54 Å². The van der Waals surface area contributed by atoms with Gasteiger partial charge in [-0.3, -0.25) is 24.0 Å². The van der Waals surface area contributed by atoms with E-state index in [-0.39, 0.29) is 32.2 Å². The molecule has 15 heteroatoms. The van der Waals surface area contributed by atoms with E-state index in [9.17, 15) is 33.9 Å². The van der Waals surface area contributed by atoms with Crippen molar-refractivity contribution in [1.82, 2.24) is 31.2 Å². The van der Waals surface area contributed by atoms with E-state index >= 15 is 0 Å². The van der Waals surface area contributed by atoms with Crippen LogP contribution in [0.2, 0.25) is 0 Å². The lowest BCUT2D eigenvalue weighted by Gasteiger charge is -2.33. The Morgan fingerprint density at radius 1 is 0.712 bits per heavy atom. The van der Waals surface area contributed by atoms with E-state index in [4.69, 9.17) is 10.5 Å². The number of H-pyrrole nitrogens is 1. The topological polar surface area (TPSA) is 225 Å². The Balaban J connectivity index is 1.28. The van der Waals surface area contributed by atoms with Crippen molar-refractivity contribution < 1.29 is 38.6 Å². The van der Waals surface area contributed by atoms with Crippen molar-refractivity contribution in [1.29, 1.82) is 0 Å². The van der Waals surface area contributed by atoms with Crippen LogP contribution in [0.25, 0.3) is 10.9 Å². The molecule has 1 aliphatic carbocycles. The molecule has 0 unspecified atom stereocenters. The van der Waals surface area contributed by atoms with Crippen LogP contribution in [0.4, 0.5) is 0 Å². The first-order chi connectivity index (χ1) is 31.6. The lowest BCUT2D eigenvalue weighted by Crippen LogP contribution is -2.62. The van der Waals surface area contributed by atoms with Gasteiger partial charge in [0, 0.05) is 42.9 Å². The van der Waals surface area contributed by atoms with Crippen molar-refractivity contribution in [2.45, 2.75) is 146 Å². The van der Waals surface area contributed by atoms with E-state index in [0.717, 1.165) is 53.3 Å². The number of carbonyl (C=O) groups is 6. The molecule has 3 aromatic carbocycles. The summed E-state index contributed by atoms with van der Waals surface area (Å²) >= 11 is 0. The van der Waals surface area contributed by atoms with Crippen LogP contribution in [0, 0.1) is 5.92 Å². The molecular formula is C51H67N7O8. The SMILES string of the molecule is C[C@@H](OC(C)(C)C)[C@H](NC(=O)[C@H](Cc1ccccc1)NC(=O)[C@@H](Cc1c[nH]c2ccccc12)NC(=O)[C@@H](N)CC1CCCCC1)C(=O)N[C@@H](Cc1ccccc1)C(=O)N1CCC[C@H]1C(=O)O. The predicted molar refractivity (Wildman–Crippen MR) is 252 cm³/mol. The summed E-state index contributed by atoms with van der Waals surface area (Å²) in [5.74, 6) is -3.88. The highest BCUT2D eigenvalue weighted by atomic mass is 16.5. The van der Waals surface area contributed by atoms with Crippen molar-refractivity contribution in [2.24, 2.45) is 11.7 Å². The van der Waals surface area contributed by atoms with Crippen LogP contribution >= 0.6 is 0 Å². The monoisotopic (exact) mass is 906 g/mol. The summed E-state index contributed by atoms with van der Waals surface area (Å²) in [6, 6.07) is 19.0. The van der Waals surface area contributed by atoms with Crippen molar-refractivity contribution >= 4 is 46.4 Å². The molecule has 354 valence electrons. The van der Waals surface area contributed by atoms with Gasteiger partial charge in [-0.15, -0.1) is 0 Å². The van der Waals surface area contributed by atoms with Gasteiger partial charge in [-0.05, 0) is 75.6 Å². The van der Waals surface area contributed by atoms with E-state index in [1.54, 1.807) is 25.3 Å². The van der Waals surface area contributed by atoms with Crippen molar-refractivity contribution in [3.05, 3.63) is 108 Å². The van der Waals surface area contributed by atoms with Gasteiger partial charge in [-0.25, -0.2) is 4.79 Å². The number of fused-ring (bicyclic) bond motifs is 1. The number of amides is 5. The second-order valence-electron chi connectivity index (χ2n) is 18.9. The summed E-state index contributed by atoms with van der Waals surface area (Å²) in [7, 11) is 0. The highest BCUT2D eigenvalue weighted by Crippen LogP contribution is 2.27. The number of carbonyl (C=O) groups excluding carboxylic acids is 5. The second-order valence-corrected chi connectivity index (χ2v) is 18.9. The van der Waals surface area contributed by atoms with Gasteiger partial charge in [0.25, 0.3) is 0 Å². The average Bonchev–Trinajstić information content (AvgIpc) is 3.96. The van der Waals surface area contributed by atoms with Gasteiger partial charge in [0.2, 0.25) is 29.5 Å². The van der Waals surface area contributed by atoms with Gasteiger partial charge >= 0.3 is 5.97 Å². The fraction of sp³-hybridized carbons (Fsp3) is 0.490. The minimum Gasteiger partial charge on any atom is -0.480 e. The molecule has 2 aliphatic rings. The number of aromatic nitrogens is 1. The highest BCUT2D eigenvalue weighted by Gasteiger charge is 2.40. The Bertz CT molecular complexity index is 2270. The summed E-state index contributed by atoms with van der Waals surface area (Å²) in [5.41, 5.74) is 8.83. The standard InChI is InChI=1S/C51H67N7O8/c1-32(66-51(2,3)4)44(48(62)56-42(29-35-21-12-7-13-22-35)49(63)58-26-16-25-43(58)50(64)65)57-47(61)40(28-34-19-10-6-11-20-34)55-46(60)41(30-36-31-53-39-24-15-14-23-37(36)39)54-45(59)38(52)27-33-17-8-5-9-18-33/h6-7,10-15,19-24,31-33,38,40-44,53H,5,8-9,16-18,25-30,52H2,1-4H3,(H,54,59)(H,55,60)(H,56,62)(H,57,61)(H,64,65)/t32-,38+,40+,41-,42+,43+,44+/m1/s1. The molecule has 4 aromatic rings. The lowest BCUT2D eigenvalue weighted by molar-refractivity contribution is -0.150. The van der Waals surface area contributed by atoms with E-state index in [0.29, 0.717) is 18.8 Å². The first-order valence-corrected chi connectivity index (χ1v) is 23.4. The Morgan fingerprint density at radius 3 is 1.91 bits per heavy atom. The van der Waals surface area contributed by atoms with Crippen LogP contribution in [-0.4, -0.2) is 105 Å². The van der Waals surface area contributed by atoms with Crippen LogP contribution in [0.3, 0.4) is 0 Å². The number of carboxylic acids is 1. The number of para-hydroxylation sites is 1. The Labute approximate surface area is 387 Å². The van der Waals surface area contributed by atoms with Crippen LogP contribution in [-0.2, 0) is 52.8 Å². The summed E-state index contributed by atoms with van der Waals surface area (Å²) in [6.07, 6.45) is 7.67. The summed E-state index contributed by atoms with van der Waals surface area (Å²) in [5, 5.41) is 22.4. The normalized spacial score (nSPS) is 18.3. The number of ether oxygens (including phenoxy) is 1. The highest BCUT2D eigenvalue weighted by molar-refractivity contribution is 5.97. The third-order valence-electron chi connectivity index (χ3n) is 12.6. The van der Waals surface area contributed by atoms with E-state index in [2.05, 4.69) is 26.3 Å². The van der Waals surface area contributed by atoms with Crippen LogP contribution in [0.15, 0.2) is 91.1 Å². The van der Waals surface area contributed by atoms with Crippen molar-refractivity contribution in [3.63, 3.8) is 0 Å². The third-order valence-corrected chi connectivity index (χ3v) is 12.6. The zero-order valence-electron chi connectivity index (χ0n) is 38.6. The Morgan fingerprint density at radius 2 is 1.27 bits per heavy atom. The maximum absolute atomic E-state index is 14.8. The quantitative estimate of drug-likeness (QED) is 0.0651. The number of carboxylic acid groups (broad SMARTS) is 1. The van der Waals surface area contributed by atoms with Gasteiger partial charge < -0.3 is 46.7 Å². The largest absolute Gasteiger partial charge is 0.480 e. The third kappa shape index (κ3) is 13.7. The van der Waals surface area contributed by atoms with Gasteiger partial charge in [-0.2, -0.15) is 0 Å². The number of aliphatic carboxylic acids is 1. The number of nitrogens with zero attached hydrogens (tertiary/aromatic N) is 1. The molecule has 2 fully saturated rings. The maximum atomic E-state index is 14.8. The summed E-state index contributed by atoms with van der Waals surface area (Å²) in [6.45, 7) is 7.28. The van der Waals surface area contributed by atoms with E-state index in [1.807, 2.05) is 93.6 Å². The number of benzene rings is 3. The molecule has 0 spiro atoms. The van der Waals surface area contributed by atoms with Gasteiger partial charge in [0.15, 0.2) is 0 Å². The minimum atomic E-state index is -1.38. The minimum absolute atomic E-state index is 0.0247. The number of hydrogen-bond donors (Lipinski definition) is 7. The molecule has 0 bridgehead atoms. The average molecular weight is 906 g/mol. The maximum Gasteiger partial charge on any atom is 0.326 e. The zero-order chi connectivity index (χ0) is 47.4. The Kier molecular flexibility index (Phi) is 17.1. The molecule has 1 saturated carbocycles. The molecule has 15 nitrogen and oxygen atoms in total. The van der Waals surface area contributed by atoms with Gasteiger partial charge in [0.05, 0.1) is 17.7 Å². The summed E-state index contributed by atoms with van der Waals surface area (Å²) < 4.78 is 6.26. The molecule has 7 atom stereocenters. The molecule has 5 amide bonds. The Hall–Kier alpha value is -6.06. The molecule has 1 aliphatic heterocycles. The van der Waals surface area contributed by atoms with Crippen LogP contribution < -0.4 is 27.0 Å². The molecular weight excluding hydrogens is 839 g/mol. The fourth-order valence-corrected chi connectivity index (χ4v) is 9.30. The van der Waals surface area contributed by atoms with Gasteiger partial charge in [0.1, 0.15) is 30.2 Å². The fourth-order valence-electron chi connectivity index (χ4n) is 9.30. The molecule has 8 N–H and O–H groups in total. The number of rotatable bonds is 20. The van der Waals surface area contributed by atoms with E-state index in [1.165, 1.54) is 11.3 Å². The first-order valence-electron chi connectivity index (χ1n) is 23.4. The molecule has 1 saturated heterocycles. The number of nitrogens with two attached hydrogens (primary N) is 1. The number of nitrogens with one attached hydrogen (secondary N) is 5. The first kappa shape index (κ1) is 49.4. The number of hydrogen-bond acceptors (Lipinski definition) is 8. The number of aromatic amines is 1. The second kappa shape index (κ2) is 22.9. The van der Waals surface area contributed by atoms with Crippen LogP contribution in [0.1, 0.15) is 95.8 Å².